The first-order valence-corrected chi connectivity index (χ1v) is 12.0. The Bertz CT molecular complexity index is 811. The molecule has 4 rings (SSSR count). The molecule has 2 saturated heterocycles. The molecule has 1 aromatic rings. The number of fused-ring (bicyclic) bond motifs is 2. The van der Waals surface area contributed by atoms with Crippen LogP contribution in [0.3, 0.4) is 0 Å². The number of nitrogens with zero attached hydrogens (tertiary/aromatic N) is 1. The van der Waals surface area contributed by atoms with Crippen LogP contribution in [0.2, 0.25) is 5.02 Å². The number of halogens is 1. The molecule has 1 saturated carbocycles. The molecule has 170 valence electrons. The number of benzene rings is 1. The van der Waals surface area contributed by atoms with Crippen molar-refractivity contribution >= 4 is 34.8 Å². The maximum Gasteiger partial charge on any atom is 0.227 e. The van der Waals surface area contributed by atoms with Crippen molar-refractivity contribution < 1.29 is 14.3 Å². The highest BCUT2D eigenvalue weighted by Gasteiger charge is 2.43. The monoisotopic (exact) mass is 447 g/mol. The number of methoxy groups -OCH3 is 1. The lowest BCUT2D eigenvalue weighted by atomic mass is 9.85. The van der Waals surface area contributed by atoms with Crippen molar-refractivity contribution in [3.63, 3.8) is 0 Å². The van der Waals surface area contributed by atoms with Crippen LogP contribution in [0.4, 0.5) is 11.4 Å². The van der Waals surface area contributed by atoms with Crippen molar-refractivity contribution in [1.82, 2.24) is 4.90 Å². The lowest BCUT2D eigenvalue weighted by Crippen LogP contribution is -2.47. The fourth-order valence-corrected chi connectivity index (χ4v) is 6.01. The number of nitrogens with one attached hydrogen (secondary N) is 2. The van der Waals surface area contributed by atoms with Crippen LogP contribution < -0.4 is 15.4 Å². The quantitative estimate of drug-likeness (QED) is 0.638. The van der Waals surface area contributed by atoms with Crippen LogP contribution in [0.5, 0.6) is 5.75 Å². The van der Waals surface area contributed by atoms with E-state index in [9.17, 15) is 9.59 Å². The van der Waals surface area contributed by atoms with Gasteiger partial charge in [0.25, 0.3) is 0 Å². The van der Waals surface area contributed by atoms with Crippen molar-refractivity contribution in [2.45, 2.75) is 76.8 Å². The lowest BCUT2D eigenvalue weighted by Gasteiger charge is -2.41. The number of hydrogen-bond donors (Lipinski definition) is 2. The van der Waals surface area contributed by atoms with Gasteiger partial charge in [0.05, 0.1) is 23.5 Å². The van der Waals surface area contributed by atoms with E-state index >= 15 is 0 Å². The van der Waals surface area contributed by atoms with Crippen LogP contribution in [0.1, 0.15) is 64.7 Å². The molecule has 2 atom stereocenters. The van der Waals surface area contributed by atoms with Crippen LogP contribution in [-0.4, -0.2) is 42.5 Å². The Labute approximate surface area is 190 Å². The van der Waals surface area contributed by atoms with Crippen molar-refractivity contribution in [2.75, 3.05) is 24.3 Å². The molecule has 2 heterocycles. The molecule has 2 aliphatic heterocycles. The SMILES string of the molecule is COc1cc(NC(C)=O)c(Cl)cc1NC(=O)C1CC2CCC(C1)N2CC1CCCCC1. The minimum Gasteiger partial charge on any atom is -0.494 e. The zero-order valence-corrected chi connectivity index (χ0v) is 19.3. The van der Waals surface area contributed by atoms with E-state index in [1.54, 1.807) is 19.2 Å². The van der Waals surface area contributed by atoms with Crippen LogP contribution in [0.15, 0.2) is 12.1 Å². The summed E-state index contributed by atoms with van der Waals surface area (Å²) in [4.78, 5) is 27.2. The minimum atomic E-state index is -0.212. The predicted molar refractivity (Wildman–Crippen MR) is 124 cm³/mol. The summed E-state index contributed by atoms with van der Waals surface area (Å²) in [5.41, 5.74) is 1.02. The first-order chi connectivity index (χ1) is 14.9. The Balaban J connectivity index is 1.40. The van der Waals surface area contributed by atoms with Gasteiger partial charge in [-0.15, -0.1) is 0 Å². The topological polar surface area (TPSA) is 70.7 Å². The minimum absolute atomic E-state index is 0.0126. The molecule has 2 bridgehead atoms. The standard InChI is InChI=1S/C24H34ClN3O3/c1-15(29)26-21-13-23(31-2)22(12-20(21)25)27-24(30)17-10-18-8-9-19(11-17)28(18)14-16-6-4-3-5-7-16/h12-13,16-19H,3-11,14H2,1-2H3,(H,26,29)(H,27,30). The number of ether oxygens (including phenoxy) is 1. The van der Waals surface area contributed by atoms with Gasteiger partial charge in [-0.05, 0) is 50.5 Å². The van der Waals surface area contributed by atoms with Gasteiger partial charge >= 0.3 is 0 Å². The molecule has 31 heavy (non-hydrogen) atoms. The van der Waals surface area contributed by atoms with Crippen LogP contribution in [0, 0.1) is 11.8 Å². The van der Waals surface area contributed by atoms with Crippen molar-refractivity contribution in [3.8, 4) is 5.75 Å². The van der Waals surface area contributed by atoms with Crippen molar-refractivity contribution in [1.29, 1.82) is 0 Å². The fraction of sp³-hybridized carbons (Fsp3) is 0.667. The van der Waals surface area contributed by atoms with E-state index in [1.807, 2.05) is 0 Å². The summed E-state index contributed by atoms with van der Waals surface area (Å²) >= 11 is 6.31. The zero-order chi connectivity index (χ0) is 22.0. The number of anilines is 2. The highest BCUT2D eigenvalue weighted by Crippen LogP contribution is 2.41. The average Bonchev–Trinajstić information content (AvgIpc) is 2.97. The summed E-state index contributed by atoms with van der Waals surface area (Å²) in [6.45, 7) is 2.64. The number of carbonyl (C=O) groups is 2. The molecule has 7 heteroatoms. The van der Waals surface area contributed by atoms with E-state index in [4.69, 9.17) is 16.3 Å². The van der Waals surface area contributed by atoms with E-state index in [1.165, 1.54) is 58.4 Å². The molecule has 2 amide bonds. The molecule has 0 spiro atoms. The highest BCUT2D eigenvalue weighted by atomic mass is 35.5. The third-order valence-corrected chi connectivity index (χ3v) is 7.62. The number of amides is 2. The summed E-state index contributed by atoms with van der Waals surface area (Å²) < 4.78 is 5.43. The maximum absolute atomic E-state index is 13.1. The molecule has 1 aliphatic carbocycles. The molecular formula is C24H34ClN3O3. The van der Waals surface area contributed by atoms with Gasteiger partial charge < -0.3 is 15.4 Å². The first-order valence-electron chi connectivity index (χ1n) is 11.7. The Morgan fingerprint density at radius 2 is 1.71 bits per heavy atom. The van der Waals surface area contributed by atoms with Gasteiger partial charge in [0.1, 0.15) is 5.75 Å². The van der Waals surface area contributed by atoms with E-state index in [0.29, 0.717) is 34.2 Å². The molecular weight excluding hydrogens is 414 g/mol. The summed E-state index contributed by atoms with van der Waals surface area (Å²) in [5, 5.41) is 6.09. The Hall–Kier alpha value is -1.79. The molecule has 3 aliphatic rings. The van der Waals surface area contributed by atoms with E-state index in [-0.39, 0.29) is 17.7 Å². The van der Waals surface area contributed by atoms with Gasteiger partial charge in [-0.2, -0.15) is 0 Å². The predicted octanol–water partition coefficient (Wildman–Crippen LogP) is 5.07. The zero-order valence-electron chi connectivity index (χ0n) is 18.6. The smallest absolute Gasteiger partial charge is 0.227 e. The van der Waals surface area contributed by atoms with Gasteiger partial charge in [-0.25, -0.2) is 0 Å². The normalized spacial score (nSPS) is 26.5. The van der Waals surface area contributed by atoms with E-state index in [2.05, 4.69) is 15.5 Å². The second-order valence-electron chi connectivity index (χ2n) is 9.46. The molecule has 2 N–H and O–H groups in total. The summed E-state index contributed by atoms with van der Waals surface area (Å²) in [6.07, 6.45) is 11.2. The Morgan fingerprint density at radius 3 is 2.32 bits per heavy atom. The molecule has 6 nitrogen and oxygen atoms in total. The molecule has 0 aromatic heterocycles. The summed E-state index contributed by atoms with van der Waals surface area (Å²) in [5.74, 6) is 1.17. The van der Waals surface area contributed by atoms with Crippen molar-refractivity contribution in [3.05, 3.63) is 17.2 Å². The third-order valence-electron chi connectivity index (χ3n) is 7.31. The number of hydrogen-bond acceptors (Lipinski definition) is 4. The van der Waals surface area contributed by atoms with Crippen molar-refractivity contribution in [2.24, 2.45) is 11.8 Å². The van der Waals surface area contributed by atoms with Crippen LogP contribution in [-0.2, 0) is 9.59 Å². The Kier molecular flexibility index (Phi) is 7.07. The van der Waals surface area contributed by atoms with Gasteiger partial charge in [0.15, 0.2) is 0 Å². The van der Waals surface area contributed by atoms with Crippen LogP contribution >= 0.6 is 11.6 Å². The Morgan fingerprint density at radius 1 is 1.03 bits per heavy atom. The first kappa shape index (κ1) is 22.4. The van der Waals surface area contributed by atoms with E-state index < -0.39 is 0 Å². The van der Waals surface area contributed by atoms with Gasteiger partial charge in [-0.1, -0.05) is 30.9 Å². The van der Waals surface area contributed by atoms with E-state index in [0.717, 1.165) is 18.8 Å². The molecule has 2 unspecified atom stereocenters. The van der Waals surface area contributed by atoms with Gasteiger partial charge in [0, 0.05) is 37.5 Å². The highest BCUT2D eigenvalue weighted by molar-refractivity contribution is 6.34. The van der Waals surface area contributed by atoms with Gasteiger partial charge in [-0.3, -0.25) is 14.5 Å². The molecule has 1 aromatic carbocycles. The maximum atomic E-state index is 13.1. The summed E-state index contributed by atoms with van der Waals surface area (Å²) in [7, 11) is 1.54. The second kappa shape index (κ2) is 9.78. The molecule has 3 fully saturated rings. The fourth-order valence-electron chi connectivity index (χ4n) is 5.79. The van der Waals surface area contributed by atoms with Gasteiger partial charge in [0.2, 0.25) is 11.8 Å². The second-order valence-corrected chi connectivity index (χ2v) is 9.86. The number of rotatable bonds is 6. The third kappa shape index (κ3) is 5.17. The number of carbonyl (C=O) groups excluding carboxylic acids is 2. The summed E-state index contributed by atoms with van der Waals surface area (Å²) in [6, 6.07) is 4.36. The lowest BCUT2D eigenvalue weighted by molar-refractivity contribution is -0.122. The largest absolute Gasteiger partial charge is 0.494 e. The van der Waals surface area contributed by atoms with Crippen LogP contribution in [0.25, 0.3) is 0 Å². The number of piperidine rings is 1. The molecule has 0 radical (unpaired) electrons. The average molecular weight is 448 g/mol.